The van der Waals surface area contributed by atoms with Gasteiger partial charge >= 0.3 is 5.97 Å². The van der Waals surface area contributed by atoms with Crippen molar-refractivity contribution in [3.63, 3.8) is 0 Å². The number of halogens is 1. The molecule has 0 amide bonds. The van der Waals surface area contributed by atoms with Gasteiger partial charge in [0.15, 0.2) is 11.6 Å². The highest BCUT2D eigenvalue weighted by Crippen LogP contribution is 2.42. The topological polar surface area (TPSA) is 109 Å². The number of carboxylic acid groups (broad SMARTS) is 1. The number of methoxy groups -OCH3 is 2. The Morgan fingerprint density at radius 1 is 1.15 bits per heavy atom. The second-order valence-electron chi connectivity index (χ2n) is 9.58. The standard InChI is InChI=1S/C24H32FN5O4/c1-14(21(31)32)30-23(2,3)11-16(12-24(30,4)5)27-20-19(25)13-26-22(29-20)28-15-8-17(33-6)10-18(9-15)34-7/h8-10,13,16H,1,11-12H2,2-7H3,(H,31,32)(H2,26,27,28,29). The molecule has 1 aromatic carbocycles. The molecule has 1 aliphatic heterocycles. The van der Waals surface area contributed by atoms with E-state index < -0.39 is 22.9 Å². The average molecular weight is 474 g/mol. The monoisotopic (exact) mass is 473 g/mol. The Hall–Kier alpha value is -3.56. The van der Waals surface area contributed by atoms with Crippen LogP contribution in [0.25, 0.3) is 0 Å². The second-order valence-corrected chi connectivity index (χ2v) is 9.58. The van der Waals surface area contributed by atoms with Gasteiger partial charge in [0.1, 0.15) is 17.2 Å². The van der Waals surface area contributed by atoms with E-state index in [9.17, 15) is 14.3 Å². The molecule has 2 aromatic rings. The van der Waals surface area contributed by atoms with E-state index in [1.165, 1.54) is 0 Å². The van der Waals surface area contributed by atoms with Crippen LogP contribution in [0.15, 0.2) is 36.7 Å². The quantitative estimate of drug-likeness (QED) is 0.480. The Balaban J connectivity index is 1.82. The lowest BCUT2D eigenvalue weighted by atomic mass is 9.76. The lowest BCUT2D eigenvalue weighted by molar-refractivity contribution is -0.138. The molecule has 0 atom stereocenters. The minimum atomic E-state index is -1.06. The van der Waals surface area contributed by atoms with Crippen molar-refractivity contribution in [1.82, 2.24) is 14.9 Å². The Labute approximate surface area is 199 Å². The van der Waals surface area contributed by atoms with Gasteiger partial charge in [-0.3, -0.25) is 0 Å². The van der Waals surface area contributed by atoms with Gasteiger partial charge in [-0.15, -0.1) is 0 Å². The van der Waals surface area contributed by atoms with Crippen molar-refractivity contribution < 1.29 is 23.8 Å². The fraction of sp³-hybridized carbons (Fsp3) is 0.458. The molecule has 0 unspecified atom stereocenters. The van der Waals surface area contributed by atoms with Crippen molar-refractivity contribution in [2.24, 2.45) is 0 Å². The third kappa shape index (κ3) is 5.32. The number of likely N-dealkylation sites (tertiary alicyclic amines) is 1. The van der Waals surface area contributed by atoms with Crippen molar-refractivity contribution in [3.8, 4) is 11.5 Å². The summed E-state index contributed by atoms with van der Waals surface area (Å²) < 4.78 is 25.2. The number of anilines is 3. The average Bonchev–Trinajstić information content (AvgIpc) is 2.73. The summed E-state index contributed by atoms with van der Waals surface area (Å²) >= 11 is 0. The van der Waals surface area contributed by atoms with E-state index in [2.05, 4.69) is 27.2 Å². The Bertz CT molecular complexity index is 1050. The van der Waals surface area contributed by atoms with Crippen molar-refractivity contribution in [2.75, 3.05) is 24.9 Å². The van der Waals surface area contributed by atoms with Crippen LogP contribution in [-0.2, 0) is 4.79 Å². The number of carbonyl (C=O) groups is 1. The van der Waals surface area contributed by atoms with Crippen LogP contribution in [0, 0.1) is 5.82 Å². The summed E-state index contributed by atoms with van der Waals surface area (Å²) in [5.41, 5.74) is -0.397. The molecular formula is C24H32FN5O4. The number of hydrogen-bond acceptors (Lipinski definition) is 8. The predicted molar refractivity (Wildman–Crippen MR) is 128 cm³/mol. The summed E-state index contributed by atoms with van der Waals surface area (Å²) in [5, 5.41) is 15.8. The summed E-state index contributed by atoms with van der Waals surface area (Å²) in [6.07, 6.45) is 2.22. The van der Waals surface area contributed by atoms with E-state index in [0.717, 1.165) is 6.20 Å². The van der Waals surface area contributed by atoms with Gasteiger partial charge in [0.25, 0.3) is 0 Å². The van der Waals surface area contributed by atoms with E-state index in [0.29, 0.717) is 30.0 Å². The number of rotatable bonds is 8. The first-order chi connectivity index (χ1) is 15.9. The highest BCUT2D eigenvalue weighted by atomic mass is 19.1. The van der Waals surface area contributed by atoms with Crippen LogP contribution in [0.5, 0.6) is 11.5 Å². The maximum Gasteiger partial charge on any atom is 0.351 e. The van der Waals surface area contributed by atoms with Crippen LogP contribution < -0.4 is 20.1 Å². The van der Waals surface area contributed by atoms with Crippen LogP contribution in [0.2, 0.25) is 0 Å². The van der Waals surface area contributed by atoms with Gasteiger partial charge in [-0.25, -0.2) is 14.2 Å². The minimum absolute atomic E-state index is 0.0434. The lowest BCUT2D eigenvalue weighted by Gasteiger charge is -2.56. The summed E-state index contributed by atoms with van der Waals surface area (Å²) in [6, 6.07) is 5.08. The van der Waals surface area contributed by atoms with Crippen LogP contribution >= 0.6 is 0 Å². The first-order valence-electron chi connectivity index (χ1n) is 10.9. The molecule has 0 saturated carbocycles. The molecule has 9 nitrogen and oxygen atoms in total. The van der Waals surface area contributed by atoms with Crippen molar-refractivity contribution in [2.45, 2.75) is 57.7 Å². The Kier molecular flexibility index (Phi) is 6.90. The highest BCUT2D eigenvalue weighted by molar-refractivity contribution is 5.85. The van der Waals surface area contributed by atoms with E-state index in [1.807, 2.05) is 32.6 Å². The molecule has 3 rings (SSSR count). The fourth-order valence-corrected chi connectivity index (χ4v) is 4.94. The number of hydrogen-bond donors (Lipinski definition) is 3. The molecule has 1 saturated heterocycles. The van der Waals surface area contributed by atoms with Gasteiger partial charge in [0.05, 0.1) is 20.4 Å². The third-order valence-corrected chi connectivity index (χ3v) is 5.91. The molecule has 0 aliphatic carbocycles. The minimum Gasteiger partial charge on any atom is -0.497 e. The highest BCUT2D eigenvalue weighted by Gasteiger charge is 2.47. The zero-order valence-electron chi connectivity index (χ0n) is 20.4. The number of benzene rings is 1. The zero-order chi connectivity index (χ0) is 25.3. The molecule has 1 aromatic heterocycles. The number of aromatic nitrogens is 2. The van der Waals surface area contributed by atoms with Crippen molar-refractivity contribution in [3.05, 3.63) is 42.5 Å². The molecule has 2 heterocycles. The van der Waals surface area contributed by atoms with Crippen LogP contribution in [0.3, 0.4) is 0 Å². The van der Waals surface area contributed by atoms with Crippen molar-refractivity contribution >= 4 is 23.4 Å². The number of ether oxygens (including phenoxy) is 2. The van der Waals surface area contributed by atoms with E-state index >= 15 is 0 Å². The van der Waals surface area contributed by atoms with E-state index in [4.69, 9.17) is 9.47 Å². The first kappa shape index (κ1) is 25.1. The van der Waals surface area contributed by atoms with Gasteiger partial charge in [-0.2, -0.15) is 4.98 Å². The fourth-order valence-electron chi connectivity index (χ4n) is 4.94. The summed E-state index contributed by atoms with van der Waals surface area (Å²) in [4.78, 5) is 21.8. The van der Waals surface area contributed by atoms with Gasteiger partial charge in [-0.1, -0.05) is 6.58 Å². The van der Waals surface area contributed by atoms with Crippen LogP contribution in [0.4, 0.5) is 21.8 Å². The summed E-state index contributed by atoms with van der Waals surface area (Å²) in [6.45, 7) is 11.6. The number of nitrogens with one attached hydrogen (secondary N) is 2. The molecule has 34 heavy (non-hydrogen) atoms. The number of piperidine rings is 1. The number of carboxylic acids is 1. The third-order valence-electron chi connectivity index (χ3n) is 5.91. The molecule has 1 aliphatic rings. The molecule has 0 radical (unpaired) electrons. The molecule has 184 valence electrons. The van der Waals surface area contributed by atoms with Gasteiger partial charge in [0.2, 0.25) is 5.95 Å². The first-order valence-corrected chi connectivity index (χ1v) is 10.9. The van der Waals surface area contributed by atoms with E-state index in [1.54, 1.807) is 32.4 Å². The maximum absolute atomic E-state index is 14.6. The van der Waals surface area contributed by atoms with Crippen molar-refractivity contribution in [1.29, 1.82) is 0 Å². The molecule has 10 heteroatoms. The smallest absolute Gasteiger partial charge is 0.351 e. The largest absolute Gasteiger partial charge is 0.497 e. The number of aliphatic carboxylic acids is 1. The Morgan fingerprint density at radius 2 is 1.71 bits per heavy atom. The van der Waals surface area contributed by atoms with Gasteiger partial charge < -0.3 is 30.1 Å². The lowest BCUT2D eigenvalue weighted by Crippen LogP contribution is -2.62. The number of nitrogens with zero attached hydrogens (tertiary/aromatic N) is 3. The SMILES string of the molecule is C=C(C(=O)O)N1C(C)(C)CC(Nc2nc(Nc3cc(OC)cc(OC)c3)ncc2F)CC1(C)C. The molecule has 3 N–H and O–H groups in total. The maximum atomic E-state index is 14.6. The predicted octanol–water partition coefficient (Wildman–Crippen LogP) is 4.41. The molecule has 0 bridgehead atoms. The van der Waals surface area contributed by atoms with E-state index in [-0.39, 0.29) is 23.5 Å². The normalized spacial score (nSPS) is 17.1. The summed E-state index contributed by atoms with van der Waals surface area (Å²) in [7, 11) is 3.10. The molecule has 1 fully saturated rings. The van der Waals surface area contributed by atoms with Gasteiger partial charge in [-0.05, 0) is 40.5 Å². The Morgan fingerprint density at radius 3 is 2.21 bits per heavy atom. The van der Waals surface area contributed by atoms with Gasteiger partial charge in [0, 0.05) is 41.0 Å². The summed E-state index contributed by atoms with van der Waals surface area (Å²) in [5.74, 6) is -0.201. The second kappa shape index (κ2) is 9.36. The van der Waals surface area contributed by atoms with Crippen LogP contribution in [-0.4, -0.2) is 57.3 Å². The molecule has 0 spiro atoms. The zero-order valence-corrected chi connectivity index (χ0v) is 20.4. The molecular weight excluding hydrogens is 441 g/mol. The van der Waals surface area contributed by atoms with Crippen LogP contribution in [0.1, 0.15) is 40.5 Å².